The van der Waals surface area contributed by atoms with Gasteiger partial charge in [-0.1, -0.05) is 33.1 Å². The van der Waals surface area contributed by atoms with Gasteiger partial charge in [-0.2, -0.15) is 0 Å². The van der Waals surface area contributed by atoms with Crippen molar-refractivity contribution >= 4 is 26.8 Å². The summed E-state index contributed by atoms with van der Waals surface area (Å²) in [6.45, 7) is 5.48. The summed E-state index contributed by atoms with van der Waals surface area (Å²) in [7, 11) is 0. The van der Waals surface area contributed by atoms with Gasteiger partial charge in [0.05, 0.1) is 5.52 Å². The summed E-state index contributed by atoms with van der Waals surface area (Å²) in [5.41, 5.74) is 8.27. The second kappa shape index (κ2) is 4.74. The standard InChI is InChI=1S/C19H18BrN/c1-12-6-13(2)8-15(7-12)18-11-16-10-17(20)9-14-4-3-5-21(18)19(14)16/h6-11H,3-5H2,1-2H3. The number of hydrogen-bond acceptors (Lipinski definition) is 0. The lowest BCUT2D eigenvalue weighted by molar-refractivity contribution is 0.640. The van der Waals surface area contributed by atoms with Gasteiger partial charge in [-0.3, -0.25) is 0 Å². The summed E-state index contributed by atoms with van der Waals surface area (Å²) in [5.74, 6) is 0. The zero-order valence-electron chi connectivity index (χ0n) is 12.4. The minimum Gasteiger partial charge on any atom is -0.340 e. The highest BCUT2D eigenvalue weighted by Gasteiger charge is 2.18. The predicted octanol–water partition coefficient (Wildman–Crippen LogP) is 5.63. The van der Waals surface area contributed by atoms with Crippen molar-refractivity contribution in [3.63, 3.8) is 0 Å². The molecule has 0 unspecified atom stereocenters. The molecule has 0 spiro atoms. The third kappa shape index (κ3) is 2.13. The molecular weight excluding hydrogens is 322 g/mol. The Kier molecular flexibility index (Phi) is 2.97. The van der Waals surface area contributed by atoms with E-state index < -0.39 is 0 Å². The lowest BCUT2D eigenvalue weighted by atomic mass is 10.0. The van der Waals surface area contributed by atoms with E-state index in [1.54, 1.807) is 0 Å². The van der Waals surface area contributed by atoms with Crippen LogP contribution in [-0.4, -0.2) is 4.57 Å². The van der Waals surface area contributed by atoms with E-state index in [0.717, 1.165) is 6.54 Å². The first-order valence-electron chi connectivity index (χ1n) is 7.52. The molecule has 2 heteroatoms. The number of benzene rings is 2. The van der Waals surface area contributed by atoms with Crippen LogP contribution in [0.15, 0.2) is 40.9 Å². The Morgan fingerprint density at radius 1 is 0.952 bits per heavy atom. The van der Waals surface area contributed by atoms with E-state index in [1.165, 1.54) is 56.2 Å². The van der Waals surface area contributed by atoms with Crippen LogP contribution in [0, 0.1) is 13.8 Å². The predicted molar refractivity (Wildman–Crippen MR) is 92.9 cm³/mol. The zero-order chi connectivity index (χ0) is 14.6. The number of nitrogens with zero attached hydrogens (tertiary/aromatic N) is 1. The molecule has 0 saturated carbocycles. The van der Waals surface area contributed by atoms with Gasteiger partial charge in [-0.15, -0.1) is 0 Å². The molecule has 0 fully saturated rings. The summed E-state index contributed by atoms with van der Waals surface area (Å²) in [6, 6.07) is 13.7. The number of aryl methyl sites for hydroxylation is 4. The highest BCUT2D eigenvalue weighted by molar-refractivity contribution is 9.10. The van der Waals surface area contributed by atoms with Crippen LogP contribution in [0.25, 0.3) is 22.2 Å². The van der Waals surface area contributed by atoms with E-state index in [9.17, 15) is 0 Å². The second-order valence-corrected chi connectivity index (χ2v) is 7.08. The highest BCUT2D eigenvalue weighted by Crippen LogP contribution is 2.36. The maximum absolute atomic E-state index is 3.65. The molecule has 0 bridgehead atoms. The zero-order valence-corrected chi connectivity index (χ0v) is 14.0. The molecule has 0 atom stereocenters. The van der Waals surface area contributed by atoms with E-state index in [2.05, 4.69) is 70.7 Å². The molecule has 1 aliphatic heterocycles. The van der Waals surface area contributed by atoms with Crippen molar-refractivity contribution in [2.75, 3.05) is 0 Å². The van der Waals surface area contributed by atoms with Crippen molar-refractivity contribution in [3.05, 3.63) is 57.6 Å². The molecule has 2 heterocycles. The molecule has 1 aliphatic rings. The molecule has 0 N–H and O–H groups in total. The SMILES string of the molecule is Cc1cc(C)cc(-c2cc3cc(Br)cc4c3n2CCC4)c1. The fourth-order valence-corrected chi connectivity index (χ4v) is 4.20. The smallest absolute Gasteiger partial charge is 0.0518 e. The molecule has 2 aromatic carbocycles. The molecular formula is C19H18BrN. The van der Waals surface area contributed by atoms with E-state index in [-0.39, 0.29) is 0 Å². The van der Waals surface area contributed by atoms with E-state index in [0.29, 0.717) is 0 Å². The van der Waals surface area contributed by atoms with Gasteiger partial charge in [0.25, 0.3) is 0 Å². The van der Waals surface area contributed by atoms with Crippen LogP contribution in [0.4, 0.5) is 0 Å². The molecule has 0 radical (unpaired) electrons. The maximum Gasteiger partial charge on any atom is 0.0518 e. The number of halogens is 1. The van der Waals surface area contributed by atoms with Gasteiger partial charge in [0, 0.05) is 22.1 Å². The Morgan fingerprint density at radius 2 is 1.71 bits per heavy atom. The summed E-state index contributed by atoms with van der Waals surface area (Å²) in [5, 5.41) is 1.35. The van der Waals surface area contributed by atoms with Crippen LogP contribution < -0.4 is 0 Å². The van der Waals surface area contributed by atoms with Crippen molar-refractivity contribution in [2.24, 2.45) is 0 Å². The quantitative estimate of drug-likeness (QED) is 0.541. The first-order valence-corrected chi connectivity index (χ1v) is 8.31. The van der Waals surface area contributed by atoms with Crippen LogP contribution in [0.3, 0.4) is 0 Å². The van der Waals surface area contributed by atoms with Crippen molar-refractivity contribution in [2.45, 2.75) is 33.2 Å². The maximum atomic E-state index is 3.65. The molecule has 3 aromatic rings. The minimum absolute atomic E-state index is 1.13. The fraction of sp³-hybridized carbons (Fsp3) is 0.263. The summed E-state index contributed by atoms with van der Waals surface area (Å²) >= 11 is 3.65. The van der Waals surface area contributed by atoms with Crippen LogP contribution in [0.5, 0.6) is 0 Å². The van der Waals surface area contributed by atoms with Crippen LogP contribution in [-0.2, 0) is 13.0 Å². The van der Waals surface area contributed by atoms with Gasteiger partial charge in [0.1, 0.15) is 0 Å². The lowest BCUT2D eigenvalue weighted by Crippen LogP contribution is -2.08. The molecule has 106 valence electrons. The van der Waals surface area contributed by atoms with E-state index >= 15 is 0 Å². The van der Waals surface area contributed by atoms with Crippen molar-refractivity contribution in [1.29, 1.82) is 0 Å². The van der Waals surface area contributed by atoms with Crippen molar-refractivity contribution in [1.82, 2.24) is 4.57 Å². The average Bonchev–Trinajstić information content (AvgIpc) is 2.78. The van der Waals surface area contributed by atoms with E-state index in [1.807, 2.05) is 0 Å². The second-order valence-electron chi connectivity index (χ2n) is 6.16. The molecule has 1 aromatic heterocycles. The Balaban J connectivity index is 2.04. The van der Waals surface area contributed by atoms with Crippen LogP contribution in [0.1, 0.15) is 23.1 Å². The number of aromatic nitrogens is 1. The first kappa shape index (κ1) is 13.1. The van der Waals surface area contributed by atoms with Gasteiger partial charge in [-0.25, -0.2) is 0 Å². The average molecular weight is 340 g/mol. The summed E-state index contributed by atoms with van der Waals surface area (Å²) in [6.07, 6.45) is 2.41. The van der Waals surface area contributed by atoms with Crippen molar-refractivity contribution < 1.29 is 0 Å². The first-order chi connectivity index (χ1) is 10.1. The van der Waals surface area contributed by atoms with Gasteiger partial charge < -0.3 is 4.57 Å². The highest BCUT2D eigenvalue weighted by atomic mass is 79.9. The Labute approximate surface area is 133 Å². The topological polar surface area (TPSA) is 4.93 Å². The molecule has 0 saturated heterocycles. The van der Waals surface area contributed by atoms with Gasteiger partial charge >= 0.3 is 0 Å². The molecule has 0 aliphatic carbocycles. The van der Waals surface area contributed by atoms with Crippen molar-refractivity contribution in [3.8, 4) is 11.3 Å². The Morgan fingerprint density at radius 3 is 2.48 bits per heavy atom. The Hall–Kier alpha value is -1.54. The van der Waals surface area contributed by atoms with Gasteiger partial charge in [0.2, 0.25) is 0 Å². The molecule has 4 rings (SSSR count). The summed E-state index contributed by atoms with van der Waals surface area (Å²) < 4.78 is 3.70. The van der Waals surface area contributed by atoms with Gasteiger partial charge in [-0.05, 0) is 68.1 Å². The molecule has 21 heavy (non-hydrogen) atoms. The van der Waals surface area contributed by atoms with Crippen LogP contribution in [0.2, 0.25) is 0 Å². The third-order valence-electron chi connectivity index (χ3n) is 4.38. The number of rotatable bonds is 1. The van der Waals surface area contributed by atoms with E-state index in [4.69, 9.17) is 0 Å². The minimum atomic E-state index is 1.13. The summed E-state index contributed by atoms with van der Waals surface area (Å²) in [4.78, 5) is 0. The largest absolute Gasteiger partial charge is 0.340 e. The normalized spacial score (nSPS) is 13.9. The fourth-order valence-electron chi connectivity index (χ4n) is 3.68. The Bertz CT molecular complexity index is 837. The van der Waals surface area contributed by atoms with Gasteiger partial charge in [0.15, 0.2) is 0 Å². The lowest BCUT2D eigenvalue weighted by Gasteiger charge is -2.19. The molecule has 0 amide bonds. The monoisotopic (exact) mass is 339 g/mol. The van der Waals surface area contributed by atoms with Crippen LogP contribution >= 0.6 is 15.9 Å². The molecule has 1 nitrogen and oxygen atoms in total. The number of hydrogen-bond donors (Lipinski definition) is 0. The third-order valence-corrected chi connectivity index (χ3v) is 4.84.